The molecule has 0 atom stereocenters. The van der Waals surface area contributed by atoms with Crippen LogP contribution in [0.4, 0.5) is 8.78 Å². The Hall–Kier alpha value is -0.930. The van der Waals surface area contributed by atoms with Gasteiger partial charge in [0, 0.05) is 44.7 Å². The van der Waals surface area contributed by atoms with Gasteiger partial charge in [-0.15, -0.1) is 5.10 Å². The van der Waals surface area contributed by atoms with E-state index in [1.54, 1.807) is 6.20 Å². The molecular weight excluding hydrogens is 395 g/mol. The molecule has 0 unspecified atom stereocenters. The van der Waals surface area contributed by atoms with Gasteiger partial charge in [-0.05, 0) is 40.5 Å². The highest BCUT2D eigenvalue weighted by molar-refractivity contribution is 7.55. The molecule has 0 aliphatic rings. The summed E-state index contributed by atoms with van der Waals surface area (Å²) in [7, 11) is -4.58. The third-order valence-electron chi connectivity index (χ3n) is 3.81. The highest BCUT2D eigenvalue weighted by Gasteiger charge is 2.53. The number of rotatable bonds is 14. The SMILES string of the molecule is CC(C)OP(=O)(OC(C)C)C(F)(F)CCCCn1cc(CC(CO)CO)nn1. The van der Waals surface area contributed by atoms with Crippen molar-refractivity contribution in [3.05, 3.63) is 11.9 Å². The number of hydrogen-bond acceptors (Lipinski definition) is 7. The summed E-state index contributed by atoms with van der Waals surface area (Å²) in [5, 5.41) is 26.0. The van der Waals surface area contributed by atoms with Crippen LogP contribution in [0.5, 0.6) is 0 Å². The summed E-state index contributed by atoms with van der Waals surface area (Å²) in [6.07, 6.45) is 0.605. The van der Waals surface area contributed by atoms with Crippen LogP contribution in [0.1, 0.15) is 52.7 Å². The molecule has 0 bridgehead atoms. The van der Waals surface area contributed by atoms with E-state index in [2.05, 4.69) is 10.3 Å². The van der Waals surface area contributed by atoms with Crippen molar-refractivity contribution in [3.63, 3.8) is 0 Å². The van der Waals surface area contributed by atoms with Gasteiger partial charge in [0.2, 0.25) is 0 Å². The summed E-state index contributed by atoms with van der Waals surface area (Å²) in [5.41, 5.74) is -2.97. The van der Waals surface area contributed by atoms with E-state index in [-0.39, 0.29) is 25.6 Å². The average molecular weight is 427 g/mol. The van der Waals surface area contributed by atoms with Crippen molar-refractivity contribution in [2.45, 2.75) is 77.8 Å². The molecule has 164 valence electrons. The lowest BCUT2D eigenvalue weighted by molar-refractivity contribution is 0.0121. The van der Waals surface area contributed by atoms with Crippen molar-refractivity contribution in [2.75, 3.05) is 13.2 Å². The van der Waals surface area contributed by atoms with E-state index >= 15 is 0 Å². The Morgan fingerprint density at radius 1 is 1.14 bits per heavy atom. The van der Waals surface area contributed by atoms with Crippen molar-refractivity contribution < 1.29 is 32.6 Å². The quantitative estimate of drug-likeness (QED) is 0.347. The molecule has 2 N–H and O–H groups in total. The lowest BCUT2D eigenvalue weighted by Gasteiger charge is -2.29. The first-order chi connectivity index (χ1) is 13.0. The molecule has 0 spiro atoms. The molecule has 0 aliphatic carbocycles. The van der Waals surface area contributed by atoms with E-state index < -0.39 is 31.9 Å². The van der Waals surface area contributed by atoms with Crippen LogP contribution >= 0.6 is 7.60 Å². The fourth-order valence-electron chi connectivity index (χ4n) is 2.51. The van der Waals surface area contributed by atoms with Crippen LogP contribution in [0.3, 0.4) is 0 Å². The Morgan fingerprint density at radius 3 is 2.21 bits per heavy atom. The highest BCUT2D eigenvalue weighted by Crippen LogP contribution is 2.65. The Balaban J connectivity index is 2.57. The first-order valence-corrected chi connectivity index (χ1v) is 11.0. The van der Waals surface area contributed by atoms with Gasteiger partial charge in [-0.2, -0.15) is 8.78 Å². The number of aromatic nitrogens is 3. The van der Waals surface area contributed by atoms with Crippen LogP contribution in [-0.4, -0.2) is 56.3 Å². The number of hydrogen-bond donors (Lipinski definition) is 2. The van der Waals surface area contributed by atoms with Gasteiger partial charge in [-0.1, -0.05) is 5.21 Å². The van der Waals surface area contributed by atoms with E-state index in [0.29, 0.717) is 25.1 Å². The zero-order valence-electron chi connectivity index (χ0n) is 16.9. The largest absolute Gasteiger partial charge is 0.400 e. The fourth-order valence-corrected chi connectivity index (χ4v) is 4.41. The molecule has 11 heteroatoms. The molecule has 0 fully saturated rings. The normalized spacial score (nSPS) is 13.2. The first-order valence-electron chi connectivity index (χ1n) is 9.48. The van der Waals surface area contributed by atoms with E-state index in [4.69, 9.17) is 19.3 Å². The van der Waals surface area contributed by atoms with E-state index in [1.165, 1.54) is 32.4 Å². The molecule has 0 aromatic carbocycles. The molecule has 8 nitrogen and oxygen atoms in total. The van der Waals surface area contributed by atoms with E-state index in [1.807, 2.05) is 0 Å². The molecule has 1 rings (SSSR count). The minimum Gasteiger partial charge on any atom is -0.396 e. The van der Waals surface area contributed by atoms with Gasteiger partial charge in [-0.25, -0.2) is 0 Å². The maximum atomic E-state index is 14.5. The average Bonchev–Trinajstić information content (AvgIpc) is 3.02. The van der Waals surface area contributed by atoms with Gasteiger partial charge in [-0.3, -0.25) is 9.25 Å². The smallest absolute Gasteiger partial charge is 0.396 e. The van der Waals surface area contributed by atoms with Crippen LogP contribution in [-0.2, 0) is 26.6 Å². The number of halogens is 2. The fraction of sp³-hybridized carbons (Fsp3) is 0.882. The minimum atomic E-state index is -4.58. The summed E-state index contributed by atoms with van der Waals surface area (Å²) < 4.78 is 53.3. The van der Waals surface area contributed by atoms with Gasteiger partial charge in [0.15, 0.2) is 0 Å². The maximum Gasteiger partial charge on any atom is 0.400 e. The van der Waals surface area contributed by atoms with Crippen LogP contribution < -0.4 is 0 Å². The summed E-state index contributed by atoms with van der Waals surface area (Å²) in [6, 6.07) is 0. The summed E-state index contributed by atoms with van der Waals surface area (Å²) in [4.78, 5) is 0. The molecule has 1 aromatic heterocycles. The lowest BCUT2D eigenvalue weighted by atomic mass is 10.1. The Bertz CT molecular complexity index is 610. The molecular formula is C17H32F2N3O5P. The molecule has 0 radical (unpaired) electrons. The lowest BCUT2D eigenvalue weighted by Crippen LogP contribution is -2.24. The topological polar surface area (TPSA) is 107 Å². The van der Waals surface area contributed by atoms with Crippen LogP contribution in [0.25, 0.3) is 0 Å². The van der Waals surface area contributed by atoms with Crippen LogP contribution in [0.2, 0.25) is 0 Å². The van der Waals surface area contributed by atoms with Crippen LogP contribution in [0, 0.1) is 5.92 Å². The monoisotopic (exact) mass is 427 g/mol. The van der Waals surface area contributed by atoms with E-state index in [9.17, 15) is 13.3 Å². The van der Waals surface area contributed by atoms with Crippen molar-refractivity contribution in [3.8, 4) is 0 Å². The van der Waals surface area contributed by atoms with Crippen molar-refractivity contribution >= 4 is 7.60 Å². The Morgan fingerprint density at radius 2 is 1.71 bits per heavy atom. The number of aryl methyl sites for hydroxylation is 1. The summed E-state index contributed by atoms with van der Waals surface area (Å²) in [5.74, 6) is -0.306. The second-order valence-corrected chi connectivity index (χ2v) is 9.41. The Kier molecular flexibility index (Phi) is 10.1. The summed E-state index contributed by atoms with van der Waals surface area (Å²) >= 11 is 0. The molecule has 1 heterocycles. The molecule has 1 aromatic rings. The predicted octanol–water partition coefficient (Wildman–Crippen LogP) is 3.23. The molecule has 0 saturated carbocycles. The number of alkyl halides is 2. The predicted molar refractivity (Wildman–Crippen MR) is 100 cm³/mol. The van der Waals surface area contributed by atoms with E-state index in [0.717, 1.165) is 0 Å². The molecule has 0 saturated heterocycles. The highest BCUT2D eigenvalue weighted by atomic mass is 31.2. The number of nitrogens with zero attached hydrogens (tertiary/aromatic N) is 3. The number of aliphatic hydroxyl groups is 2. The third kappa shape index (κ3) is 7.83. The first kappa shape index (κ1) is 25.1. The third-order valence-corrected chi connectivity index (χ3v) is 6.24. The van der Waals surface area contributed by atoms with Gasteiger partial charge in [0.05, 0.1) is 17.9 Å². The van der Waals surface area contributed by atoms with Crippen molar-refractivity contribution in [2.24, 2.45) is 5.92 Å². The number of unbranched alkanes of at least 4 members (excludes halogenated alkanes) is 1. The second kappa shape index (κ2) is 11.3. The summed E-state index contributed by atoms with van der Waals surface area (Å²) in [6.45, 7) is 6.19. The number of aliphatic hydroxyl groups excluding tert-OH is 2. The van der Waals surface area contributed by atoms with Crippen molar-refractivity contribution in [1.82, 2.24) is 15.0 Å². The zero-order valence-corrected chi connectivity index (χ0v) is 17.8. The molecule has 0 amide bonds. The van der Waals surface area contributed by atoms with Crippen LogP contribution in [0.15, 0.2) is 6.20 Å². The maximum absolute atomic E-state index is 14.5. The minimum absolute atomic E-state index is 0.102. The molecule has 28 heavy (non-hydrogen) atoms. The van der Waals surface area contributed by atoms with Gasteiger partial charge in [0.25, 0.3) is 0 Å². The van der Waals surface area contributed by atoms with Crippen molar-refractivity contribution in [1.29, 1.82) is 0 Å². The van der Waals surface area contributed by atoms with Gasteiger partial charge >= 0.3 is 13.3 Å². The van der Waals surface area contributed by atoms with Gasteiger partial charge in [0.1, 0.15) is 0 Å². The van der Waals surface area contributed by atoms with Gasteiger partial charge < -0.3 is 19.3 Å². The standard InChI is InChI=1S/C17H32F2N3O5P/c1-13(2)26-28(25,27-14(3)4)17(18,19)7-5-6-8-22-10-16(20-21-22)9-15(11-23)12-24/h10,13-15,23-24H,5-9,11-12H2,1-4H3. The second-order valence-electron chi connectivity index (χ2n) is 7.34. The molecule has 0 aliphatic heterocycles. The Labute approximate surface area is 164 Å². The zero-order chi connectivity index (χ0) is 21.4.